The van der Waals surface area contributed by atoms with Crippen LogP contribution in [-0.4, -0.2) is 28.7 Å². The van der Waals surface area contributed by atoms with Crippen LogP contribution in [0.2, 0.25) is 0 Å². The van der Waals surface area contributed by atoms with E-state index in [1.54, 1.807) is 0 Å². The number of para-hydroxylation sites is 1. The third kappa shape index (κ3) is 3.42. The summed E-state index contributed by atoms with van der Waals surface area (Å²) in [5.74, 6) is 2.08. The fourth-order valence-corrected chi connectivity index (χ4v) is 3.56. The standard InChI is InChI=1S/C22H25N3O3/c1-14-23-17-11-19-20(28-10-9-27-19)12-18(17)25(14)13-21(26)24-16-8-6-5-7-15(16)22(2,3)4/h5-8,11-12H,9-10,13H2,1-4H3,(H,24,26). The van der Waals surface area contributed by atoms with Crippen LogP contribution in [0, 0.1) is 6.92 Å². The van der Waals surface area contributed by atoms with E-state index in [1.807, 2.05) is 41.8 Å². The van der Waals surface area contributed by atoms with Crippen molar-refractivity contribution in [2.75, 3.05) is 18.5 Å². The highest BCUT2D eigenvalue weighted by Gasteiger charge is 2.20. The van der Waals surface area contributed by atoms with E-state index in [9.17, 15) is 4.79 Å². The predicted octanol–water partition coefficient (Wildman–Crippen LogP) is 4.05. The Balaban J connectivity index is 1.62. The van der Waals surface area contributed by atoms with Crippen molar-refractivity contribution >= 4 is 22.6 Å². The third-order valence-electron chi connectivity index (χ3n) is 4.91. The Morgan fingerprint density at radius 3 is 2.54 bits per heavy atom. The number of imidazole rings is 1. The first-order chi connectivity index (χ1) is 13.3. The predicted molar refractivity (Wildman–Crippen MR) is 109 cm³/mol. The lowest BCUT2D eigenvalue weighted by atomic mass is 9.86. The van der Waals surface area contributed by atoms with Crippen molar-refractivity contribution in [1.82, 2.24) is 9.55 Å². The molecule has 0 saturated heterocycles. The summed E-state index contributed by atoms with van der Waals surface area (Å²) in [6.07, 6.45) is 0. The van der Waals surface area contributed by atoms with Gasteiger partial charge in [0.15, 0.2) is 11.5 Å². The molecule has 146 valence electrons. The van der Waals surface area contributed by atoms with Crippen LogP contribution in [0.1, 0.15) is 32.2 Å². The summed E-state index contributed by atoms with van der Waals surface area (Å²) in [5, 5.41) is 3.07. The molecule has 4 rings (SSSR count). The molecule has 0 atom stereocenters. The highest BCUT2D eigenvalue weighted by Crippen LogP contribution is 2.35. The van der Waals surface area contributed by atoms with Gasteiger partial charge in [0.2, 0.25) is 5.91 Å². The van der Waals surface area contributed by atoms with Gasteiger partial charge in [-0.3, -0.25) is 4.79 Å². The number of anilines is 1. The zero-order valence-electron chi connectivity index (χ0n) is 16.7. The molecule has 0 spiro atoms. The molecule has 0 radical (unpaired) electrons. The Morgan fingerprint density at radius 1 is 1.14 bits per heavy atom. The summed E-state index contributed by atoms with van der Waals surface area (Å²) in [6.45, 7) is 9.55. The van der Waals surface area contributed by atoms with Gasteiger partial charge in [-0.05, 0) is 24.0 Å². The molecule has 0 aliphatic carbocycles. The van der Waals surface area contributed by atoms with Crippen LogP contribution in [0.15, 0.2) is 36.4 Å². The fraction of sp³-hybridized carbons (Fsp3) is 0.364. The quantitative estimate of drug-likeness (QED) is 0.746. The van der Waals surface area contributed by atoms with Gasteiger partial charge in [-0.25, -0.2) is 4.98 Å². The van der Waals surface area contributed by atoms with Crippen molar-refractivity contribution in [3.8, 4) is 11.5 Å². The SMILES string of the molecule is Cc1nc2cc3c(cc2n1CC(=O)Nc1ccccc1C(C)(C)C)OCCO3. The van der Waals surface area contributed by atoms with E-state index in [2.05, 4.69) is 37.1 Å². The van der Waals surface area contributed by atoms with Gasteiger partial charge in [0.25, 0.3) is 0 Å². The largest absolute Gasteiger partial charge is 0.486 e. The second-order valence-electron chi connectivity index (χ2n) is 8.07. The van der Waals surface area contributed by atoms with Gasteiger partial charge in [0.05, 0.1) is 11.0 Å². The van der Waals surface area contributed by atoms with Gasteiger partial charge >= 0.3 is 0 Å². The van der Waals surface area contributed by atoms with Gasteiger partial charge in [0.1, 0.15) is 25.6 Å². The number of ether oxygens (including phenoxy) is 2. The maximum Gasteiger partial charge on any atom is 0.244 e. The molecule has 2 aromatic carbocycles. The number of aromatic nitrogens is 2. The number of rotatable bonds is 3. The number of hydrogen-bond donors (Lipinski definition) is 1. The average molecular weight is 379 g/mol. The average Bonchev–Trinajstić information content (AvgIpc) is 2.94. The minimum atomic E-state index is -0.0889. The van der Waals surface area contributed by atoms with E-state index in [1.165, 1.54) is 0 Å². The normalized spacial score (nSPS) is 13.6. The minimum absolute atomic E-state index is 0.0576. The van der Waals surface area contributed by atoms with E-state index < -0.39 is 0 Å². The fourth-order valence-electron chi connectivity index (χ4n) is 3.56. The van der Waals surface area contributed by atoms with Crippen molar-refractivity contribution in [2.45, 2.75) is 39.7 Å². The first-order valence-corrected chi connectivity index (χ1v) is 9.49. The van der Waals surface area contributed by atoms with Gasteiger partial charge in [-0.1, -0.05) is 39.0 Å². The molecule has 0 saturated carbocycles. The zero-order chi connectivity index (χ0) is 19.9. The molecule has 6 nitrogen and oxygen atoms in total. The Hall–Kier alpha value is -3.02. The molecule has 3 aromatic rings. The molecule has 1 N–H and O–H groups in total. The smallest absolute Gasteiger partial charge is 0.244 e. The van der Waals surface area contributed by atoms with Crippen molar-refractivity contribution in [3.05, 3.63) is 47.8 Å². The molecule has 1 aliphatic rings. The van der Waals surface area contributed by atoms with Crippen LogP contribution >= 0.6 is 0 Å². The molecule has 1 amide bonds. The summed E-state index contributed by atoms with van der Waals surface area (Å²) < 4.78 is 13.2. The Morgan fingerprint density at radius 2 is 1.82 bits per heavy atom. The number of fused-ring (bicyclic) bond motifs is 2. The molecular formula is C22H25N3O3. The van der Waals surface area contributed by atoms with Crippen molar-refractivity contribution in [1.29, 1.82) is 0 Å². The number of amides is 1. The maximum atomic E-state index is 12.8. The molecule has 1 aromatic heterocycles. The number of carbonyl (C=O) groups excluding carboxylic acids is 1. The number of carbonyl (C=O) groups is 1. The topological polar surface area (TPSA) is 65.4 Å². The summed E-state index contributed by atoms with van der Waals surface area (Å²) in [6, 6.07) is 11.7. The van der Waals surface area contributed by atoms with Crippen LogP contribution in [0.3, 0.4) is 0 Å². The van der Waals surface area contributed by atoms with Crippen LogP contribution in [0.4, 0.5) is 5.69 Å². The number of benzene rings is 2. The second kappa shape index (κ2) is 6.86. The Labute approximate surface area is 164 Å². The molecule has 0 unspecified atom stereocenters. The highest BCUT2D eigenvalue weighted by molar-refractivity contribution is 5.93. The van der Waals surface area contributed by atoms with E-state index >= 15 is 0 Å². The first-order valence-electron chi connectivity index (χ1n) is 9.49. The van der Waals surface area contributed by atoms with Crippen molar-refractivity contribution in [3.63, 3.8) is 0 Å². The molecule has 1 aliphatic heterocycles. The van der Waals surface area contributed by atoms with E-state index in [0.29, 0.717) is 24.7 Å². The van der Waals surface area contributed by atoms with Gasteiger partial charge in [-0.2, -0.15) is 0 Å². The van der Waals surface area contributed by atoms with Crippen LogP contribution in [0.25, 0.3) is 11.0 Å². The molecular weight excluding hydrogens is 354 g/mol. The highest BCUT2D eigenvalue weighted by atomic mass is 16.6. The number of nitrogens with one attached hydrogen (secondary N) is 1. The monoisotopic (exact) mass is 379 g/mol. The van der Waals surface area contributed by atoms with E-state index in [-0.39, 0.29) is 17.9 Å². The van der Waals surface area contributed by atoms with Crippen molar-refractivity contribution < 1.29 is 14.3 Å². The summed E-state index contributed by atoms with van der Waals surface area (Å²) in [4.78, 5) is 17.4. The number of hydrogen-bond acceptors (Lipinski definition) is 4. The van der Waals surface area contributed by atoms with Gasteiger partial charge in [-0.15, -0.1) is 0 Å². The molecule has 0 fully saturated rings. The summed E-state index contributed by atoms with van der Waals surface area (Å²) in [5.41, 5.74) is 3.55. The number of aryl methyl sites for hydroxylation is 1. The molecule has 28 heavy (non-hydrogen) atoms. The molecule has 0 bridgehead atoms. The molecule has 2 heterocycles. The third-order valence-corrected chi connectivity index (χ3v) is 4.91. The Kier molecular flexibility index (Phi) is 4.49. The van der Waals surface area contributed by atoms with Gasteiger partial charge < -0.3 is 19.4 Å². The lowest BCUT2D eigenvalue weighted by Crippen LogP contribution is -2.22. The zero-order valence-corrected chi connectivity index (χ0v) is 16.7. The van der Waals surface area contributed by atoms with E-state index in [0.717, 1.165) is 28.1 Å². The lowest BCUT2D eigenvalue weighted by Gasteiger charge is -2.23. The van der Waals surface area contributed by atoms with E-state index in [4.69, 9.17) is 9.47 Å². The number of nitrogens with zero attached hydrogens (tertiary/aromatic N) is 2. The van der Waals surface area contributed by atoms with Crippen molar-refractivity contribution in [2.24, 2.45) is 0 Å². The second-order valence-corrected chi connectivity index (χ2v) is 8.07. The van der Waals surface area contributed by atoms with Crippen LogP contribution in [-0.2, 0) is 16.8 Å². The molecule has 6 heteroatoms. The summed E-state index contributed by atoms with van der Waals surface area (Å²) in [7, 11) is 0. The lowest BCUT2D eigenvalue weighted by molar-refractivity contribution is -0.116. The van der Waals surface area contributed by atoms with Gasteiger partial charge in [0, 0.05) is 17.8 Å². The first kappa shape index (κ1) is 18.3. The maximum absolute atomic E-state index is 12.8. The van der Waals surface area contributed by atoms with Crippen LogP contribution < -0.4 is 14.8 Å². The minimum Gasteiger partial charge on any atom is -0.486 e. The summed E-state index contributed by atoms with van der Waals surface area (Å²) >= 11 is 0. The Bertz CT molecular complexity index is 1050. The van der Waals surface area contributed by atoms with Crippen LogP contribution in [0.5, 0.6) is 11.5 Å².